The molecule has 1 N–H and O–H groups in total. The van der Waals surface area contributed by atoms with Crippen molar-refractivity contribution in [3.05, 3.63) is 12.2 Å². The van der Waals surface area contributed by atoms with Gasteiger partial charge in [0, 0.05) is 0 Å². The molecule has 1 aliphatic heterocycles. The Morgan fingerprint density at radius 2 is 0.571 bits per heavy atom. The van der Waals surface area contributed by atoms with Gasteiger partial charge in [-0.2, -0.15) is 0 Å². The van der Waals surface area contributed by atoms with Crippen molar-refractivity contribution in [1.82, 2.24) is 0 Å². The zero-order valence-corrected chi connectivity index (χ0v) is 38.6. The van der Waals surface area contributed by atoms with Gasteiger partial charge in [-0.25, -0.2) is 4.79 Å². The van der Waals surface area contributed by atoms with Crippen molar-refractivity contribution < 1.29 is 14.6 Å². The Morgan fingerprint density at radius 1 is 0.393 bits per heavy atom. The molecular formula is C53H102O3. The Bertz CT molecular complexity index is 837. The van der Waals surface area contributed by atoms with Crippen molar-refractivity contribution in [3.63, 3.8) is 0 Å². The van der Waals surface area contributed by atoms with Crippen molar-refractivity contribution in [2.45, 2.75) is 321 Å². The van der Waals surface area contributed by atoms with E-state index in [1.54, 1.807) is 0 Å². The first-order chi connectivity index (χ1) is 27.5. The number of esters is 1. The van der Waals surface area contributed by atoms with E-state index < -0.39 is 17.7 Å². The van der Waals surface area contributed by atoms with Crippen LogP contribution in [0.5, 0.6) is 0 Å². The van der Waals surface area contributed by atoms with Crippen LogP contribution >= 0.6 is 0 Å². The fourth-order valence-corrected chi connectivity index (χ4v) is 9.15. The molecule has 3 heteroatoms. The third-order valence-corrected chi connectivity index (χ3v) is 13.3. The summed E-state index contributed by atoms with van der Waals surface area (Å²) in [5.74, 6) is -0.438. The summed E-state index contributed by atoms with van der Waals surface area (Å²) in [4.78, 5) is 11.6. The lowest BCUT2D eigenvalue weighted by Gasteiger charge is -2.25. The molecule has 56 heavy (non-hydrogen) atoms. The van der Waals surface area contributed by atoms with Crippen molar-refractivity contribution in [3.8, 4) is 0 Å². The van der Waals surface area contributed by atoms with Crippen LogP contribution in [0.4, 0.5) is 0 Å². The maximum absolute atomic E-state index is 11.6. The third kappa shape index (κ3) is 33.1. The first-order valence-electron chi connectivity index (χ1n) is 26.1. The Labute approximate surface area is 352 Å². The van der Waals surface area contributed by atoms with Crippen LogP contribution in [0.25, 0.3) is 0 Å². The van der Waals surface area contributed by atoms with E-state index in [0.717, 1.165) is 19.3 Å². The minimum Gasteiger partial charge on any atom is -0.453 e. The van der Waals surface area contributed by atoms with Crippen molar-refractivity contribution in [1.29, 1.82) is 0 Å². The van der Waals surface area contributed by atoms with Crippen molar-refractivity contribution in [2.75, 3.05) is 0 Å². The summed E-state index contributed by atoms with van der Waals surface area (Å²) >= 11 is 0. The van der Waals surface area contributed by atoms with Crippen LogP contribution in [-0.2, 0) is 9.53 Å². The van der Waals surface area contributed by atoms with Crippen LogP contribution in [0.2, 0.25) is 0 Å². The maximum atomic E-state index is 11.6. The molecule has 0 saturated carbocycles. The predicted octanol–water partition coefficient (Wildman–Crippen LogP) is 18.2. The zero-order valence-electron chi connectivity index (χ0n) is 38.6. The van der Waals surface area contributed by atoms with Gasteiger partial charge in [0.2, 0.25) is 0 Å². The summed E-state index contributed by atoms with van der Waals surface area (Å²) in [7, 11) is 0. The first kappa shape index (κ1) is 53.2. The number of cyclic esters (lactones) is 1. The highest BCUT2D eigenvalue weighted by atomic mass is 16.6. The summed E-state index contributed by atoms with van der Waals surface area (Å²) in [6.45, 7) is 7.79. The largest absolute Gasteiger partial charge is 0.453 e. The molecule has 1 fully saturated rings. The number of aliphatic hydroxyl groups is 1. The number of aliphatic hydroxyl groups excluding tert-OH is 1. The van der Waals surface area contributed by atoms with Gasteiger partial charge in [0.25, 0.3) is 0 Å². The van der Waals surface area contributed by atoms with E-state index in [0.29, 0.717) is 0 Å². The predicted molar refractivity (Wildman–Crippen MR) is 248 cm³/mol. The Kier molecular flexibility index (Phi) is 38.9. The Hall–Kier alpha value is -0.830. The summed E-state index contributed by atoms with van der Waals surface area (Å²) in [6, 6.07) is 0. The van der Waals surface area contributed by atoms with E-state index in [1.165, 1.54) is 276 Å². The number of unbranched alkanes of at least 4 members (excludes halogenated alkanes) is 44. The summed E-state index contributed by atoms with van der Waals surface area (Å²) in [5, 5.41) is 10.2. The summed E-state index contributed by atoms with van der Waals surface area (Å²) in [6.07, 6.45) is 64.4. The van der Waals surface area contributed by atoms with Gasteiger partial charge in [-0.15, -0.1) is 0 Å². The number of carbonyl (C=O) groups is 1. The lowest BCUT2D eigenvalue weighted by atomic mass is 9.90. The molecule has 0 bridgehead atoms. The Balaban J connectivity index is 1.63. The van der Waals surface area contributed by atoms with Crippen LogP contribution in [0.3, 0.4) is 0 Å². The topological polar surface area (TPSA) is 46.5 Å². The molecule has 0 spiro atoms. The SMILES string of the molecule is C=C1C(=O)O[C@](C)(CCCCCCCCCCCCCCCCCCCCCCCCCCCCCCCCCCCCCCCCCCCCCCC)[C@H]1O. The Morgan fingerprint density at radius 3 is 0.732 bits per heavy atom. The van der Waals surface area contributed by atoms with Gasteiger partial charge in [-0.05, 0) is 19.8 Å². The van der Waals surface area contributed by atoms with Crippen molar-refractivity contribution >= 4 is 5.97 Å². The molecule has 1 rings (SSSR count). The van der Waals surface area contributed by atoms with Crippen molar-refractivity contribution in [2.24, 2.45) is 0 Å². The van der Waals surface area contributed by atoms with Crippen LogP contribution < -0.4 is 0 Å². The number of ether oxygens (including phenoxy) is 1. The van der Waals surface area contributed by atoms with Gasteiger partial charge in [0.15, 0.2) is 0 Å². The molecule has 0 amide bonds. The molecule has 1 heterocycles. The van der Waals surface area contributed by atoms with E-state index in [-0.39, 0.29) is 5.57 Å². The maximum Gasteiger partial charge on any atom is 0.336 e. The molecule has 0 unspecified atom stereocenters. The molecule has 0 aromatic heterocycles. The molecule has 0 aromatic carbocycles. The fraction of sp³-hybridized carbons (Fsp3) is 0.943. The number of hydrogen-bond acceptors (Lipinski definition) is 3. The van der Waals surface area contributed by atoms with Gasteiger partial charge in [-0.1, -0.05) is 296 Å². The zero-order chi connectivity index (χ0) is 40.5. The lowest BCUT2D eigenvalue weighted by molar-refractivity contribution is -0.149. The molecular weight excluding hydrogens is 685 g/mol. The molecule has 0 aliphatic carbocycles. The highest BCUT2D eigenvalue weighted by Crippen LogP contribution is 2.34. The van der Waals surface area contributed by atoms with E-state index in [2.05, 4.69) is 13.5 Å². The second kappa shape index (κ2) is 40.9. The molecule has 0 aromatic rings. The van der Waals surface area contributed by atoms with Crippen LogP contribution in [0.1, 0.15) is 309 Å². The van der Waals surface area contributed by atoms with Gasteiger partial charge in [-0.3, -0.25) is 0 Å². The number of rotatable bonds is 46. The van der Waals surface area contributed by atoms with E-state index in [9.17, 15) is 9.90 Å². The monoisotopic (exact) mass is 787 g/mol. The van der Waals surface area contributed by atoms with Crippen LogP contribution in [0.15, 0.2) is 12.2 Å². The second-order valence-electron chi connectivity index (χ2n) is 18.9. The van der Waals surface area contributed by atoms with E-state index >= 15 is 0 Å². The number of carbonyl (C=O) groups excluding carboxylic acids is 1. The molecule has 1 saturated heterocycles. The average molecular weight is 787 g/mol. The molecule has 0 radical (unpaired) electrons. The molecule has 2 atom stereocenters. The molecule has 3 nitrogen and oxygen atoms in total. The normalized spacial score (nSPS) is 17.0. The summed E-state index contributed by atoms with van der Waals surface area (Å²) < 4.78 is 5.37. The van der Waals surface area contributed by atoms with Crippen LogP contribution in [0, 0.1) is 0 Å². The second-order valence-corrected chi connectivity index (χ2v) is 18.9. The first-order valence-corrected chi connectivity index (χ1v) is 26.1. The summed E-state index contributed by atoms with van der Waals surface area (Å²) in [5.41, 5.74) is -0.558. The van der Waals surface area contributed by atoms with Gasteiger partial charge >= 0.3 is 5.97 Å². The standard InChI is InChI=1S/C53H102O3/c1-4-5-6-7-8-9-10-11-12-13-14-15-16-17-18-19-20-21-22-23-24-25-26-27-28-29-30-31-32-33-34-35-36-37-38-39-40-41-42-43-44-45-46-47-48-49-53(3)51(54)50(2)52(55)56-53/h51,54H,2,4-49H2,1,3H3/t51-,53+/m0/s1. The van der Waals surface area contributed by atoms with Gasteiger partial charge in [0.1, 0.15) is 11.7 Å². The third-order valence-electron chi connectivity index (χ3n) is 13.3. The van der Waals surface area contributed by atoms with Gasteiger partial charge in [0.05, 0.1) is 5.57 Å². The van der Waals surface area contributed by atoms with E-state index in [4.69, 9.17) is 4.74 Å². The minimum atomic E-state index is -0.850. The van der Waals surface area contributed by atoms with Gasteiger partial charge < -0.3 is 9.84 Å². The van der Waals surface area contributed by atoms with E-state index in [1.807, 2.05) is 6.92 Å². The average Bonchev–Trinajstić information content (AvgIpc) is 3.39. The van der Waals surface area contributed by atoms with Crippen LogP contribution in [-0.4, -0.2) is 22.8 Å². The number of hydrogen-bond donors (Lipinski definition) is 1. The highest BCUT2D eigenvalue weighted by molar-refractivity contribution is 5.92. The smallest absolute Gasteiger partial charge is 0.336 e. The quantitative estimate of drug-likeness (QED) is 0.0380. The highest BCUT2D eigenvalue weighted by Gasteiger charge is 2.47. The molecule has 1 aliphatic rings. The lowest BCUT2D eigenvalue weighted by Crippen LogP contribution is -2.36. The fourth-order valence-electron chi connectivity index (χ4n) is 9.15. The molecule has 332 valence electrons. The minimum absolute atomic E-state index is 0.208.